The number of halogens is 2. The van der Waals surface area contributed by atoms with Gasteiger partial charge in [0.2, 0.25) is 0 Å². The second-order valence-electron chi connectivity index (χ2n) is 5.19. The maximum Gasteiger partial charge on any atom is 0.322 e. The van der Waals surface area contributed by atoms with Crippen LogP contribution in [0.5, 0.6) is 11.8 Å². The molecule has 118 valence electrons. The molecule has 3 rings (SSSR count). The number of para-hydroxylation sites is 1. The standard InChI is InChI=1S/C16H14Cl2N4O/c1-10(2)6-7-22-14-12(15(18)21-22)4-3-5-13(14)23-16-19-8-11(17)9-20-16/h3-6,8-9H,7H2,1-2H3. The lowest BCUT2D eigenvalue weighted by Crippen LogP contribution is -2.00. The highest BCUT2D eigenvalue weighted by Crippen LogP contribution is 2.32. The lowest BCUT2D eigenvalue weighted by Gasteiger charge is -2.07. The molecule has 0 amide bonds. The highest BCUT2D eigenvalue weighted by molar-refractivity contribution is 6.34. The summed E-state index contributed by atoms with van der Waals surface area (Å²) in [5, 5.41) is 6.08. The van der Waals surface area contributed by atoms with Crippen LogP contribution in [0.15, 0.2) is 42.2 Å². The molecule has 23 heavy (non-hydrogen) atoms. The SMILES string of the molecule is CC(C)=CCn1nc(Cl)c2cccc(Oc3ncc(Cl)cn3)c21. The summed E-state index contributed by atoms with van der Waals surface area (Å²) in [6, 6.07) is 5.80. The Morgan fingerprint density at radius 2 is 1.96 bits per heavy atom. The average Bonchev–Trinajstić information content (AvgIpc) is 2.85. The molecule has 0 saturated carbocycles. The van der Waals surface area contributed by atoms with Crippen LogP contribution in [0.3, 0.4) is 0 Å². The van der Waals surface area contributed by atoms with E-state index in [2.05, 4.69) is 21.1 Å². The number of allylic oxidation sites excluding steroid dienone is 2. The minimum absolute atomic E-state index is 0.216. The van der Waals surface area contributed by atoms with Crippen LogP contribution in [0.1, 0.15) is 13.8 Å². The Labute approximate surface area is 143 Å². The van der Waals surface area contributed by atoms with Gasteiger partial charge in [-0.1, -0.05) is 40.9 Å². The fourth-order valence-corrected chi connectivity index (χ4v) is 2.44. The predicted molar refractivity (Wildman–Crippen MR) is 91.3 cm³/mol. The first-order valence-electron chi connectivity index (χ1n) is 6.98. The van der Waals surface area contributed by atoms with Crippen molar-refractivity contribution in [2.75, 3.05) is 0 Å². The van der Waals surface area contributed by atoms with E-state index in [1.807, 2.05) is 32.0 Å². The molecule has 1 aromatic carbocycles. The van der Waals surface area contributed by atoms with Crippen LogP contribution in [0.4, 0.5) is 0 Å². The minimum Gasteiger partial charge on any atom is -0.422 e. The predicted octanol–water partition coefficient (Wildman–Crippen LogP) is 4.89. The Morgan fingerprint density at radius 3 is 2.65 bits per heavy atom. The molecule has 0 bridgehead atoms. The van der Waals surface area contributed by atoms with Gasteiger partial charge in [0.25, 0.3) is 0 Å². The number of hydrogen-bond donors (Lipinski definition) is 0. The van der Waals surface area contributed by atoms with E-state index >= 15 is 0 Å². The largest absolute Gasteiger partial charge is 0.422 e. The van der Waals surface area contributed by atoms with Crippen molar-refractivity contribution in [2.24, 2.45) is 0 Å². The molecule has 0 fully saturated rings. The number of aromatic nitrogens is 4. The van der Waals surface area contributed by atoms with E-state index in [0.717, 1.165) is 10.9 Å². The Morgan fingerprint density at radius 1 is 1.22 bits per heavy atom. The van der Waals surface area contributed by atoms with Gasteiger partial charge < -0.3 is 4.74 Å². The van der Waals surface area contributed by atoms with Crippen molar-refractivity contribution >= 4 is 34.1 Å². The zero-order valence-corrected chi connectivity index (χ0v) is 14.1. The molecule has 0 unspecified atom stereocenters. The monoisotopic (exact) mass is 348 g/mol. The third-order valence-corrected chi connectivity index (χ3v) is 3.63. The quantitative estimate of drug-likeness (QED) is 0.629. The summed E-state index contributed by atoms with van der Waals surface area (Å²) in [6.45, 7) is 4.67. The lowest BCUT2D eigenvalue weighted by atomic mass is 10.2. The fraction of sp³-hybridized carbons (Fsp3) is 0.188. The molecule has 3 aromatic rings. The molecule has 7 heteroatoms. The third kappa shape index (κ3) is 3.46. The minimum atomic E-state index is 0.216. The van der Waals surface area contributed by atoms with E-state index in [1.165, 1.54) is 18.0 Å². The summed E-state index contributed by atoms with van der Waals surface area (Å²) in [7, 11) is 0. The molecule has 0 saturated heterocycles. The topological polar surface area (TPSA) is 52.8 Å². The van der Waals surface area contributed by atoms with E-state index in [4.69, 9.17) is 27.9 Å². The first-order chi connectivity index (χ1) is 11.0. The fourth-order valence-electron chi connectivity index (χ4n) is 2.10. The molecule has 2 aromatic heterocycles. The van der Waals surface area contributed by atoms with Crippen molar-refractivity contribution in [3.63, 3.8) is 0 Å². The summed E-state index contributed by atoms with van der Waals surface area (Å²) in [4.78, 5) is 8.10. The molecule has 2 heterocycles. The zero-order valence-electron chi connectivity index (χ0n) is 12.6. The lowest BCUT2D eigenvalue weighted by molar-refractivity contribution is 0.443. The molecule has 0 aliphatic rings. The molecule has 0 N–H and O–H groups in total. The van der Waals surface area contributed by atoms with Gasteiger partial charge >= 0.3 is 6.01 Å². The Bertz CT molecular complexity index is 868. The second-order valence-corrected chi connectivity index (χ2v) is 5.99. The number of nitrogens with zero attached hydrogens (tertiary/aromatic N) is 4. The summed E-state index contributed by atoms with van der Waals surface area (Å²) in [5.74, 6) is 0.589. The van der Waals surface area contributed by atoms with E-state index < -0.39 is 0 Å². The number of benzene rings is 1. The van der Waals surface area contributed by atoms with E-state index in [-0.39, 0.29) is 6.01 Å². The van der Waals surface area contributed by atoms with Crippen molar-refractivity contribution in [2.45, 2.75) is 20.4 Å². The van der Waals surface area contributed by atoms with Gasteiger partial charge in [-0.2, -0.15) is 5.10 Å². The van der Waals surface area contributed by atoms with Gasteiger partial charge in [-0.15, -0.1) is 0 Å². The highest BCUT2D eigenvalue weighted by Gasteiger charge is 2.14. The maximum atomic E-state index is 6.23. The van der Waals surface area contributed by atoms with E-state index in [0.29, 0.717) is 22.5 Å². The van der Waals surface area contributed by atoms with Crippen molar-refractivity contribution in [3.05, 3.63) is 52.4 Å². The summed E-state index contributed by atoms with van der Waals surface area (Å²) in [6.07, 6.45) is 5.04. The third-order valence-electron chi connectivity index (χ3n) is 3.16. The summed E-state index contributed by atoms with van der Waals surface area (Å²) in [5.41, 5.74) is 2.00. The molecule has 0 radical (unpaired) electrons. The van der Waals surface area contributed by atoms with Crippen molar-refractivity contribution in [1.82, 2.24) is 19.7 Å². The van der Waals surface area contributed by atoms with Crippen LogP contribution in [0, 0.1) is 0 Å². The van der Waals surface area contributed by atoms with Crippen LogP contribution in [0.2, 0.25) is 10.2 Å². The van der Waals surface area contributed by atoms with E-state index in [1.54, 1.807) is 4.68 Å². The van der Waals surface area contributed by atoms with Crippen LogP contribution in [-0.2, 0) is 6.54 Å². The van der Waals surface area contributed by atoms with Crippen molar-refractivity contribution in [1.29, 1.82) is 0 Å². The maximum absolute atomic E-state index is 6.23. The molecule has 0 spiro atoms. The second kappa shape index (κ2) is 6.56. The number of ether oxygens (including phenoxy) is 1. The molecule has 0 aliphatic carbocycles. The molecular formula is C16H14Cl2N4O. The Balaban J connectivity index is 2.05. The smallest absolute Gasteiger partial charge is 0.322 e. The number of rotatable bonds is 4. The van der Waals surface area contributed by atoms with Crippen molar-refractivity contribution < 1.29 is 4.74 Å². The summed E-state index contributed by atoms with van der Waals surface area (Å²) >= 11 is 12.0. The van der Waals surface area contributed by atoms with Crippen LogP contribution < -0.4 is 4.74 Å². The van der Waals surface area contributed by atoms with E-state index in [9.17, 15) is 0 Å². The van der Waals surface area contributed by atoms with Gasteiger partial charge in [-0.3, -0.25) is 4.68 Å². The number of fused-ring (bicyclic) bond motifs is 1. The molecular weight excluding hydrogens is 335 g/mol. The van der Waals surface area contributed by atoms with Gasteiger partial charge in [0, 0.05) is 5.39 Å². The summed E-state index contributed by atoms with van der Waals surface area (Å²) < 4.78 is 7.59. The highest BCUT2D eigenvalue weighted by atomic mass is 35.5. The van der Waals surface area contributed by atoms with Crippen LogP contribution >= 0.6 is 23.2 Å². The molecule has 0 atom stereocenters. The van der Waals surface area contributed by atoms with Gasteiger partial charge in [-0.05, 0) is 26.0 Å². The average molecular weight is 349 g/mol. The number of hydrogen-bond acceptors (Lipinski definition) is 4. The van der Waals surface area contributed by atoms with Gasteiger partial charge in [0.15, 0.2) is 10.9 Å². The van der Waals surface area contributed by atoms with Gasteiger partial charge in [0.1, 0.15) is 5.52 Å². The normalized spacial score (nSPS) is 10.8. The van der Waals surface area contributed by atoms with Crippen LogP contribution in [0.25, 0.3) is 10.9 Å². The first kappa shape index (κ1) is 15.8. The molecule has 0 aliphatic heterocycles. The molecule has 5 nitrogen and oxygen atoms in total. The zero-order chi connectivity index (χ0) is 16.4. The van der Waals surface area contributed by atoms with Gasteiger partial charge in [-0.25, -0.2) is 9.97 Å². The van der Waals surface area contributed by atoms with Crippen molar-refractivity contribution in [3.8, 4) is 11.8 Å². The van der Waals surface area contributed by atoms with Gasteiger partial charge in [0.05, 0.1) is 24.0 Å². The Kier molecular flexibility index (Phi) is 4.50. The van der Waals surface area contributed by atoms with Crippen LogP contribution in [-0.4, -0.2) is 19.7 Å². The Hall–Kier alpha value is -2.11. The first-order valence-corrected chi connectivity index (χ1v) is 7.74.